The lowest BCUT2D eigenvalue weighted by Crippen LogP contribution is -2.40. The number of likely N-dealkylation sites (tertiary alicyclic amines) is 1. The summed E-state index contributed by atoms with van der Waals surface area (Å²) < 4.78 is 2.07. The van der Waals surface area contributed by atoms with Gasteiger partial charge in [0, 0.05) is 49.3 Å². The molecule has 0 spiro atoms. The second-order valence-corrected chi connectivity index (χ2v) is 8.44. The van der Waals surface area contributed by atoms with Crippen LogP contribution in [0.1, 0.15) is 70.9 Å². The highest BCUT2D eigenvalue weighted by Gasteiger charge is 2.37. The minimum atomic E-state index is 0.0857. The highest BCUT2D eigenvalue weighted by Crippen LogP contribution is 2.45. The van der Waals surface area contributed by atoms with Crippen LogP contribution in [0.25, 0.3) is 0 Å². The van der Waals surface area contributed by atoms with Gasteiger partial charge < -0.3 is 19.8 Å². The van der Waals surface area contributed by atoms with Gasteiger partial charge in [-0.05, 0) is 50.6 Å². The number of likely N-dealkylation sites (N-methyl/N-ethyl adjacent to an activating group) is 1. The Labute approximate surface area is 154 Å². The van der Waals surface area contributed by atoms with E-state index < -0.39 is 0 Å². The van der Waals surface area contributed by atoms with E-state index in [2.05, 4.69) is 37.9 Å². The largest absolute Gasteiger partial charge is 0.361 e. The first-order chi connectivity index (χ1) is 12.6. The number of carbonyl (C=O) groups is 1. The maximum absolute atomic E-state index is 13.1. The predicted molar refractivity (Wildman–Crippen MR) is 99.4 cm³/mol. The Bertz CT molecular complexity index is 829. The summed E-state index contributed by atoms with van der Waals surface area (Å²) in [5.74, 6) is 1.57. The van der Waals surface area contributed by atoms with Crippen LogP contribution in [0.4, 0.5) is 0 Å². The molecule has 2 saturated carbocycles. The number of hydrogen-bond donors (Lipinski definition) is 2. The molecule has 6 heteroatoms. The highest BCUT2D eigenvalue weighted by molar-refractivity contribution is 5.96. The van der Waals surface area contributed by atoms with Gasteiger partial charge >= 0.3 is 0 Å². The van der Waals surface area contributed by atoms with Crippen LogP contribution in [-0.2, 0) is 7.05 Å². The van der Waals surface area contributed by atoms with Crippen LogP contribution >= 0.6 is 0 Å². The molecule has 2 aliphatic carbocycles. The lowest BCUT2D eigenvalue weighted by molar-refractivity contribution is 0.0934. The first-order valence-corrected chi connectivity index (χ1v) is 9.78. The van der Waals surface area contributed by atoms with Crippen LogP contribution in [0, 0.1) is 0 Å². The molecule has 0 bridgehead atoms. The number of carbonyl (C=O) groups excluding carboxylic acids is 1. The lowest BCUT2D eigenvalue weighted by Gasteiger charge is -2.20. The average Bonchev–Trinajstić information content (AvgIpc) is 3.53. The standard InChI is InChI=1S/C20H27N5O/c1-24-9-15(18-8-21-11-25(18)2)17(10-24)23-20(26)14-7-16(12-3-4-12)22-19(14)13-5-6-13/h7-8,11-13,15,17,22H,3-6,9-10H2,1-2H3,(H,23,26)/t15-,17-/m1/s1. The van der Waals surface area contributed by atoms with E-state index in [0.717, 1.165) is 18.7 Å². The van der Waals surface area contributed by atoms with Gasteiger partial charge in [0.15, 0.2) is 0 Å². The smallest absolute Gasteiger partial charge is 0.253 e. The van der Waals surface area contributed by atoms with Crippen molar-refractivity contribution < 1.29 is 4.79 Å². The summed E-state index contributed by atoms with van der Waals surface area (Å²) >= 11 is 0. The molecule has 6 nitrogen and oxygen atoms in total. The summed E-state index contributed by atoms with van der Waals surface area (Å²) in [6, 6.07) is 2.24. The topological polar surface area (TPSA) is 66.0 Å². The van der Waals surface area contributed by atoms with Gasteiger partial charge in [-0.2, -0.15) is 0 Å². The third-order valence-corrected chi connectivity index (χ3v) is 6.17. The van der Waals surface area contributed by atoms with Crippen molar-refractivity contribution in [2.24, 2.45) is 7.05 Å². The normalized spacial score (nSPS) is 26.4. The third kappa shape index (κ3) is 2.86. The fraction of sp³-hybridized carbons (Fsp3) is 0.600. The molecule has 5 rings (SSSR count). The van der Waals surface area contributed by atoms with E-state index in [0.29, 0.717) is 11.8 Å². The zero-order valence-corrected chi connectivity index (χ0v) is 15.5. The van der Waals surface area contributed by atoms with Gasteiger partial charge in [0.1, 0.15) is 0 Å². The number of aromatic nitrogens is 3. The zero-order chi connectivity index (χ0) is 17.8. The molecule has 1 saturated heterocycles. The number of nitrogens with zero attached hydrogens (tertiary/aromatic N) is 3. The maximum Gasteiger partial charge on any atom is 0.253 e. The number of aryl methyl sites for hydroxylation is 1. The summed E-state index contributed by atoms with van der Waals surface area (Å²) in [5, 5.41) is 3.35. The zero-order valence-electron chi connectivity index (χ0n) is 15.5. The van der Waals surface area contributed by atoms with Gasteiger partial charge in [-0.1, -0.05) is 0 Å². The van der Waals surface area contributed by atoms with Gasteiger partial charge in [-0.15, -0.1) is 0 Å². The minimum Gasteiger partial charge on any atom is -0.361 e. The number of hydrogen-bond acceptors (Lipinski definition) is 3. The molecule has 2 atom stereocenters. The lowest BCUT2D eigenvalue weighted by atomic mass is 9.99. The Kier molecular flexibility index (Phi) is 3.71. The maximum atomic E-state index is 13.1. The Hall–Kier alpha value is -2.08. The Morgan fingerprint density at radius 1 is 1.19 bits per heavy atom. The van der Waals surface area contributed by atoms with Gasteiger partial charge in [0.2, 0.25) is 0 Å². The molecule has 1 amide bonds. The van der Waals surface area contributed by atoms with Crippen LogP contribution in [-0.4, -0.2) is 51.5 Å². The quantitative estimate of drug-likeness (QED) is 0.867. The number of H-pyrrole nitrogens is 1. The van der Waals surface area contributed by atoms with Crippen LogP contribution in [0.5, 0.6) is 0 Å². The Morgan fingerprint density at radius 2 is 1.96 bits per heavy atom. The average molecular weight is 353 g/mol. The number of amides is 1. The molecular weight excluding hydrogens is 326 g/mol. The van der Waals surface area contributed by atoms with E-state index in [-0.39, 0.29) is 17.9 Å². The minimum absolute atomic E-state index is 0.0857. The second-order valence-electron chi connectivity index (χ2n) is 8.44. The molecule has 3 heterocycles. The van der Waals surface area contributed by atoms with E-state index >= 15 is 0 Å². The first kappa shape index (κ1) is 16.1. The van der Waals surface area contributed by atoms with Gasteiger partial charge in [0.25, 0.3) is 5.91 Å². The SMILES string of the molecule is CN1C[C@@H](NC(=O)c2cc(C3CC3)[nH]c2C2CC2)[C@H](c2cncn2C)C1. The third-order valence-electron chi connectivity index (χ3n) is 6.17. The number of nitrogens with one attached hydrogen (secondary N) is 2. The fourth-order valence-corrected chi connectivity index (χ4v) is 4.41. The van der Waals surface area contributed by atoms with Crippen molar-refractivity contribution in [2.45, 2.75) is 49.5 Å². The molecule has 2 N–H and O–H groups in total. The van der Waals surface area contributed by atoms with Crippen LogP contribution in [0.3, 0.4) is 0 Å². The molecule has 138 valence electrons. The number of imidazole rings is 1. The molecule has 1 aliphatic heterocycles. The first-order valence-electron chi connectivity index (χ1n) is 9.78. The van der Waals surface area contributed by atoms with Crippen LogP contribution in [0.2, 0.25) is 0 Å². The summed E-state index contributed by atoms with van der Waals surface area (Å²) in [6.07, 6.45) is 8.68. The van der Waals surface area contributed by atoms with Crippen molar-refractivity contribution in [3.63, 3.8) is 0 Å². The second kappa shape index (κ2) is 5.98. The molecule has 0 unspecified atom stereocenters. The van der Waals surface area contributed by atoms with Crippen LogP contribution < -0.4 is 5.32 Å². The molecule has 0 radical (unpaired) electrons. The molecule has 3 aliphatic rings. The van der Waals surface area contributed by atoms with Crippen molar-refractivity contribution in [2.75, 3.05) is 20.1 Å². The highest BCUT2D eigenvalue weighted by atomic mass is 16.1. The Morgan fingerprint density at radius 3 is 2.62 bits per heavy atom. The van der Waals surface area contributed by atoms with Gasteiger partial charge in [-0.3, -0.25) is 4.79 Å². The summed E-state index contributed by atoms with van der Waals surface area (Å²) in [6.45, 7) is 1.82. The van der Waals surface area contributed by atoms with Gasteiger partial charge in [-0.25, -0.2) is 4.98 Å². The molecule has 26 heavy (non-hydrogen) atoms. The van der Waals surface area contributed by atoms with E-state index in [1.165, 1.54) is 42.8 Å². The number of aromatic amines is 1. The van der Waals surface area contributed by atoms with Crippen LogP contribution in [0.15, 0.2) is 18.6 Å². The summed E-state index contributed by atoms with van der Waals surface area (Å²) in [4.78, 5) is 23.3. The van der Waals surface area contributed by atoms with Crippen molar-refractivity contribution >= 4 is 5.91 Å². The molecule has 3 fully saturated rings. The summed E-state index contributed by atoms with van der Waals surface area (Å²) in [7, 11) is 4.14. The van der Waals surface area contributed by atoms with Gasteiger partial charge in [0.05, 0.1) is 17.9 Å². The fourth-order valence-electron chi connectivity index (χ4n) is 4.41. The van der Waals surface area contributed by atoms with E-state index in [1.54, 1.807) is 0 Å². The van der Waals surface area contributed by atoms with E-state index in [9.17, 15) is 4.79 Å². The molecule has 2 aromatic rings. The van der Waals surface area contributed by atoms with E-state index in [4.69, 9.17) is 0 Å². The number of rotatable bonds is 5. The monoisotopic (exact) mass is 353 g/mol. The van der Waals surface area contributed by atoms with Crippen molar-refractivity contribution in [1.29, 1.82) is 0 Å². The summed E-state index contributed by atoms with van der Waals surface area (Å²) in [5.41, 5.74) is 4.51. The molecule has 0 aromatic carbocycles. The molecule has 2 aromatic heterocycles. The van der Waals surface area contributed by atoms with Crippen molar-refractivity contribution in [1.82, 2.24) is 24.8 Å². The van der Waals surface area contributed by atoms with Crippen molar-refractivity contribution in [3.05, 3.63) is 41.2 Å². The Balaban J connectivity index is 1.38. The van der Waals surface area contributed by atoms with E-state index in [1.807, 2.05) is 19.6 Å². The molecular formula is C20H27N5O. The predicted octanol–water partition coefficient (Wildman–Crippen LogP) is 2.33. The van der Waals surface area contributed by atoms with Crippen molar-refractivity contribution in [3.8, 4) is 0 Å².